The third-order valence-corrected chi connectivity index (χ3v) is 4.71. The van der Waals surface area contributed by atoms with Gasteiger partial charge in [-0.2, -0.15) is 0 Å². The smallest absolute Gasteiger partial charge is 0.274 e. The van der Waals surface area contributed by atoms with Gasteiger partial charge in [-0.1, -0.05) is 6.07 Å². The van der Waals surface area contributed by atoms with E-state index in [1.165, 1.54) is 30.7 Å². The highest BCUT2D eigenvalue weighted by Gasteiger charge is 2.12. The van der Waals surface area contributed by atoms with Crippen molar-refractivity contribution >= 4 is 28.7 Å². The van der Waals surface area contributed by atoms with Gasteiger partial charge in [-0.15, -0.1) is 0 Å². The van der Waals surface area contributed by atoms with Crippen LogP contribution in [0.2, 0.25) is 0 Å². The maximum Gasteiger partial charge on any atom is 0.274 e. The number of rotatable bonds is 5. The van der Waals surface area contributed by atoms with Gasteiger partial charge >= 0.3 is 0 Å². The van der Waals surface area contributed by atoms with E-state index in [0.717, 1.165) is 24.5 Å². The third kappa shape index (κ3) is 4.28. The number of nitrogens with one attached hydrogen (secondary N) is 2. The molecule has 0 saturated carbocycles. The molecule has 1 fully saturated rings. The average Bonchev–Trinajstić information content (AvgIpc) is 3.24. The van der Waals surface area contributed by atoms with Crippen LogP contribution in [-0.2, 0) is 0 Å². The fourth-order valence-corrected chi connectivity index (χ4v) is 3.26. The van der Waals surface area contributed by atoms with Crippen molar-refractivity contribution in [2.75, 3.05) is 28.6 Å². The van der Waals surface area contributed by atoms with E-state index < -0.39 is 5.82 Å². The third-order valence-electron chi connectivity index (χ3n) is 4.71. The number of nitrogens with zero attached hydrogens (tertiary/aromatic N) is 2. The monoisotopic (exact) mass is 376 g/mol. The summed E-state index contributed by atoms with van der Waals surface area (Å²) >= 11 is 0. The first kappa shape index (κ1) is 18.0. The van der Waals surface area contributed by atoms with Gasteiger partial charge < -0.3 is 15.5 Å². The van der Waals surface area contributed by atoms with E-state index in [1.54, 1.807) is 30.5 Å². The Morgan fingerprint density at radius 3 is 2.36 bits per heavy atom. The summed E-state index contributed by atoms with van der Waals surface area (Å²) in [7, 11) is 0. The number of hydrogen-bond acceptors (Lipinski definition) is 4. The first-order valence-corrected chi connectivity index (χ1v) is 9.32. The van der Waals surface area contributed by atoms with Crippen LogP contribution in [0.4, 0.5) is 27.1 Å². The molecule has 2 aromatic carbocycles. The van der Waals surface area contributed by atoms with E-state index in [-0.39, 0.29) is 11.6 Å². The summed E-state index contributed by atoms with van der Waals surface area (Å²) in [6.45, 7) is 2.24. The van der Waals surface area contributed by atoms with Crippen LogP contribution in [-0.4, -0.2) is 24.0 Å². The second-order valence-corrected chi connectivity index (χ2v) is 6.76. The molecule has 1 saturated heterocycles. The molecule has 1 aliphatic heterocycles. The van der Waals surface area contributed by atoms with Crippen LogP contribution < -0.4 is 15.5 Å². The van der Waals surface area contributed by atoms with Crippen LogP contribution in [0.5, 0.6) is 0 Å². The molecule has 3 aromatic rings. The Labute approximate surface area is 163 Å². The van der Waals surface area contributed by atoms with Crippen molar-refractivity contribution in [2.24, 2.45) is 0 Å². The minimum atomic E-state index is -0.402. The molecule has 0 atom stereocenters. The van der Waals surface area contributed by atoms with Crippen molar-refractivity contribution in [1.29, 1.82) is 0 Å². The SMILES string of the molecule is O=C(Nc1cccc(F)c1)c1ccc(Nc2ccc(N3CCCC3)cc2)cn1. The second kappa shape index (κ2) is 8.08. The van der Waals surface area contributed by atoms with Gasteiger partial charge in [0.2, 0.25) is 0 Å². The van der Waals surface area contributed by atoms with Crippen LogP contribution in [0.15, 0.2) is 66.9 Å². The van der Waals surface area contributed by atoms with E-state index in [4.69, 9.17) is 0 Å². The number of carbonyl (C=O) groups is 1. The second-order valence-electron chi connectivity index (χ2n) is 6.76. The minimum Gasteiger partial charge on any atom is -0.372 e. The lowest BCUT2D eigenvalue weighted by molar-refractivity contribution is 0.102. The summed E-state index contributed by atoms with van der Waals surface area (Å²) in [6, 6.07) is 17.5. The maximum absolute atomic E-state index is 13.2. The first-order valence-electron chi connectivity index (χ1n) is 9.32. The molecule has 2 N–H and O–H groups in total. The molecule has 2 heterocycles. The van der Waals surface area contributed by atoms with Gasteiger partial charge in [-0.3, -0.25) is 4.79 Å². The van der Waals surface area contributed by atoms with Crippen LogP contribution in [0.25, 0.3) is 0 Å². The zero-order chi connectivity index (χ0) is 19.3. The van der Waals surface area contributed by atoms with Gasteiger partial charge in [0, 0.05) is 30.2 Å². The number of hydrogen-bond donors (Lipinski definition) is 2. The molecular weight excluding hydrogens is 355 g/mol. The highest BCUT2D eigenvalue weighted by atomic mass is 19.1. The molecule has 6 heteroatoms. The lowest BCUT2D eigenvalue weighted by Crippen LogP contribution is -2.17. The van der Waals surface area contributed by atoms with Crippen molar-refractivity contribution < 1.29 is 9.18 Å². The highest BCUT2D eigenvalue weighted by Crippen LogP contribution is 2.24. The number of anilines is 4. The van der Waals surface area contributed by atoms with Crippen molar-refractivity contribution in [1.82, 2.24) is 4.98 Å². The van der Waals surface area contributed by atoms with Gasteiger partial charge in [0.15, 0.2) is 0 Å². The number of benzene rings is 2. The topological polar surface area (TPSA) is 57.3 Å². The largest absolute Gasteiger partial charge is 0.372 e. The molecule has 0 bridgehead atoms. The van der Waals surface area contributed by atoms with Crippen LogP contribution in [0.1, 0.15) is 23.3 Å². The predicted octanol–water partition coefficient (Wildman–Crippen LogP) is 4.82. The lowest BCUT2D eigenvalue weighted by atomic mass is 10.2. The summed E-state index contributed by atoms with van der Waals surface area (Å²) in [5.74, 6) is -0.784. The number of halogens is 1. The fourth-order valence-electron chi connectivity index (χ4n) is 3.26. The van der Waals surface area contributed by atoms with Gasteiger partial charge in [-0.05, 0) is 67.4 Å². The van der Waals surface area contributed by atoms with E-state index in [0.29, 0.717) is 5.69 Å². The van der Waals surface area contributed by atoms with Crippen molar-refractivity contribution in [3.05, 3.63) is 78.4 Å². The van der Waals surface area contributed by atoms with Crippen molar-refractivity contribution in [2.45, 2.75) is 12.8 Å². The zero-order valence-corrected chi connectivity index (χ0v) is 15.4. The molecule has 4 rings (SSSR count). The molecule has 5 nitrogen and oxygen atoms in total. The average molecular weight is 376 g/mol. The molecule has 1 amide bonds. The molecule has 0 radical (unpaired) electrons. The molecule has 0 unspecified atom stereocenters. The Balaban J connectivity index is 1.38. The summed E-state index contributed by atoms with van der Waals surface area (Å²) in [5.41, 5.74) is 3.65. The van der Waals surface area contributed by atoms with Crippen LogP contribution >= 0.6 is 0 Å². The van der Waals surface area contributed by atoms with Gasteiger partial charge in [0.05, 0.1) is 11.9 Å². The molecular formula is C22H21FN4O. The van der Waals surface area contributed by atoms with E-state index in [1.807, 2.05) is 12.1 Å². The Morgan fingerprint density at radius 1 is 0.929 bits per heavy atom. The number of carbonyl (C=O) groups excluding carboxylic acids is 1. The van der Waals surface area contributed by atoms with Gasteiger partial charge in [0.25, 0.3) is 5.91 Å². The molecule has 0 spiro atoms. The maximum atomic E-state index is 13.2. The number of aromatic nitrogens is 1. The molecule has 1 aliphatic rings. The summed E-state index contributed by atoms with van der Waals surface area (Å²) < 4.78 is 13.2. The predicted molar refractivity (Wildman–Crippen MR) is 110 cm³/mol. The fraction of sp³-hybridized carbons (Fsp3) is 0.182. The minimum absolute atomic E-state index is 0.263. The van der Waals surface area contributed by atoms with Gasteiger partial charge in [-0.25, -0.2) is 9.37 Å². The van der Waals surface area contributed by atoms with E-state index in [2.05, 4.69) is 32.7 Å². The Hall–Kier alpha value is -3.41. The van der Waals surface area contributed by atoms with Crippen LogP contribution in [0, 0.1) is 5.82 Å². The summed E-state index contributed by atoms with van der Waals surface area (Å²) in [6.07, 6.45) is 4.12. The highest BCUT2D eigenvalue weighted by molar-refractivity contribution is 6.02. The number of pyridine rings is 1. The van der Waals surface area contributed by atoms with Crippen molar-refractivity contribution in [3.63, 3.8) is 0 Å². The van der Waals surface area contributed by atoms with E-state index in [9.17, 15) is 9.18 Å². The Kier molecular flexibility index (Phi) is 5.19. The molecule has 28 heavy (non-hydrogen) atoms. The van der Waals surface area contributed by atoms with E-state index >= 15 is 0 Å². The summed E-state index contributed by atoms with van der Waals surface area (Å²) in [5, 5.41) is 5.92. The zero-order valence-electron chi connectivity index (χ0n) is 15.4. The molecule has 1 aromatic heterocycles. The Bertz CT molecular complexity index is 951. The first-order chi connectivity index (χ1) is 13.7. The van der Waals surface area contributed by atoms with Gasteiger partial charge in [0.1, 0.15) is 11.5 Å². The lowest BCUT2D eigenvalue weighted by Gasteiger charge is -2.18. The normalized spacial score (nSPS) is 13.4. The Morgan fingerprint density at radius 2 is 1.68 bits per heavy atom. The quantitative estimate of drug-likeness (QED) is 0.670. The standard InChI is InChI=1S/C22H21FN4O/c23-16-4-3-5-18(14-16)26-22(28)21-11-8-19(15-24-21)25-17-6-9-20(10-7-17)27-12-1-2-13-27/h3-11,14-15,25H,1-2,12-13H2,(H,26,28). The van der Waals surface area contributed by atoms with Crippen LogP contribution in [0.3, 0.4) is 0 Å². The summed E-state index contributed by atoms with van der Waals surface area (Å²) in [4.78, 5) is 18.8. The molecule has 0 aliphatic carbocycles. The molecule has 142 valence electrons. The number of amides is 1. The van der Waals surface area contributed by atoms with Crippen molar-refractivity contribution in [3.8, 4) is 0 Å².